The Hall–Kier alpha value is -1.16. The van der Waals surface area contributed by atoms with E-state index in [1.54, 1.807) is 0 Å². The molecular formula is C10H13FN2O. The van der Waals surface area contributed by atoms with E-state index in [1.807, 2.05) is 0 Å². The molecule has 14 heavy (non-hydrogen) atoms. The molecule has 1 aliphatic heterocycles. The van der Waals surface area contributed by atoms with Gasteiger partial charge in [0.05, 0.1) is 12.4 Å². The van der Waals surface area contributed by atoms with Crippen molar-refractivity contribution >= 4 is 0 Å². The number of ether oxygens (including phenoxy) is 1. The highest BCUT2D eigenvalue weighted by molar-refractivity contribution is 5.17. The zero-order valence-electron chi connectivity index (χ0n) is 8.11. The molecule has 0 radical (unpaired) electrons. The van der Waals surface area contributed by atoms with E-state index >= 15 is 0 Å². The maximum Gasteiger partial charge on any atom is 0.145 e. The number of aromatic nitrogens is 1. The van der Waals surface area contributed by atoms with Gasteiger partial charge in [0.2, 0.25) is 0 Å². The van der Waals surface area contributed by atoms with Crippen LogP contribution >= 0.6 is 0 Å². The molecule has 0 bridgehead atoms. The zero-order chi connectivity index (χ0) is 9.97. The maximum absolute atomic E-state index is 12.7. The maximum atomic E-state index is 12.7. The summed E-state index contributed by atoms with van der Waals surface area (Å²) in [5, 5.41) is 0. The van der Waals surface area contributed by atoms with E-state index in [4.69, 9.17) is 4.74 Å². The van der Waals surface area contributed by atoms with Gasteiger partial charge in [-0.15, -0.1) is 0 Å². The van der Waals surface area contributed by atoms with Gasteiger partial charge in [-0.05, 0) is 6.54 Å². The average molecular weight is 196 g/mol. The first kappa shape index (κ1) is 9.40. The SMILES string of the molecule is CCN1CC(Oc2cncc(F)c2)C1. The Bertz CT molecular complexity index is 313. The molecule has 1 aromatic rings. The van der Waals surface area contributed by atoms with Crippen molar-refractivity contribution < 1.29 is 9.13 Å². The first-order valence-corrected chi connectivity index (χ1v) is 4.77. The quantitative estimate of drug-likeness (QED) is 0.728. The van der Waals surface area contributed by atoms with Crippen LogP contribution in [0.25, 0.3) is 0 Å². The minimum atomic E-state index is -0.353. The normalized spacial score (nSPS) is 17.9. The summed E-state index contributed by atoms with van der Waals surface area (Å²) in [7, 11) is 0. The van der Waals surface area contributed by atoms with Gasteiger partial charge in [0.25, 0.3) is 0 Å². The third-order valence-corrected chi connectivity index (χ3v) is 2.35. The summed E-state index contributed by atoms with van der Waals surface area (Å²) in [5.74, 6) is 0.167. The fraction of sp³-hybridized carbons (Fsp3) is 0.500. The second kappa shape index (κ2) is 3.92. The summed E-state index contributed by atoms with van der Waals surface area (Å²) in [4.78, 5) is 5.98. The summed E-state index contributed by atoms with van der Waals surface area (Å²) < 4.78 is 18.2. The molecule has 1 aliphatic rings. The van der Waals surface area contributed by atoms with Gasteiger partial charge in [-0.3, -0.25) is 9.88 Å². The Kier molecular flexibility index (Phi) is 2.63. The first-order valence-electron chi connectivity index (χ1n) is 4.77. The van der Waals surface area contributed by atoms with E-state index in [0.717, 1.165) is 19.6 Å². The van der Waals surface area contributed by atoms with Crippen molar-refractivity contribution in [1.29, 1.82) is 0 Å². The zero-order valence-corrected chi connectivity index (χ0v) is 8.11. The second-order valence-corrected chi connectivity index (χ2v) is 3.43. The van der Waals surface area contributed by atoms with Crippen molar-refractivity contribution in [3.8, 4) is 5.75 Å². The lowest BCUT2D eigenvalue weighted by Gasteiger charge is -2.38. The summed E-state index contributed by atoms with van der Waals surface area (Å²) >= 11 is 0. The molecule has 4 heteroatoms. The molecule has 2 heterocycles. The van der Waals surface area contributed by atoms with E-state index in [2.05, 4.69) is 16.8 Å². The predicted octanol–water partition coefficient (Wildman–Crippen LogP) is 1.30. The highest BCUT2D eigenvalue weighted by Gasteiger charge is 2.26. The standard InChI is InChI=1S/C10H13FN2O/c1-2-13-6-10(7-13)14-9-3-8(11)4-12-5-9/h3-5,10H,2,6-7H2,1H3. The lowest BCUT2D eigenvalue weighted by atomic mass is 10.2. The summed E-state index contributed by atoms with van der Waals surface area (Å²) in [6.07, 6.45) is 2.91. The van der Waals surface area contributed by atoms with Crippen LogP contribution in [0.2, 0.25) is 0 Å². The van der Waals surface area contributed by atoms with Crippen molar-refractivity contribution in [2.24, 2.45) is 0 Å². The number of likely N-dealkylation sites (tertiary alicyclic amines) is 1. The van der Waals surface area contributed by atoms with Crippen molar-refractivity contribution in [2.45, 2.75) is 13.0 Å². The van der Waals surface area contributed by atoms with E-state index in [0.29, 0.717) is 5.75 Å². The summed E-state index contributed by atoms with van der Waals surface area (Å²) in [6, 6.07) is 1.36. The second-order valence-electron chi connectivity index (χ2n) is 3.43. The van der Waals surface area contributed by atoms with E-state index in [-0.39, 0.29) is 11.9 Å². The molecule has 1 aromatic heterocycles. The van der Waals surface area contributed by atoms with E-state index in [1.165, 1.54) is 18.5 Å². The van der Waals surface area contributed by atoms with E-state index < -0.39 is 0 Å². The molecule has 1 saturated heterocycles. The van der Waals surface area contributed by atoms with Crippen LogP contribution in [0, 0.1) is 5.82 Å². The van der Waals surface area contributed by atoms with Crippen LogP contribution in [-0.4, -0.2) is 35.6 Å². The summed E-state index contributed by atoms with van der Waals surface area (Å²) in [6.45, 7) is 5.00. The Morgan fingerprint density at radius 3 is 3.00 bits per heavy atom. The molecule has 0 unspecified atom stereocenters. The monoisotopic (exact) mass is 196 g/mol. The van der Waals surface area contributed by atoms with Crippen LogP contribution in [0.3, 0.4) is 0 Å². The number of hydrogen-bond donors (Lipinski definition) is 0. The lowest BCUT2D eigenvalue weighted by molar-refractivity contribution is 0.0234. The molecule has 0 aromatic carbocycles. The lowest BCUT2D eigenvalue weighted by Crippen LogP contribution is -2.53. The molecule has 1 fully saturated rings. The number of rotatable bonds is 3. The van der Waals surface area contributed by atoms with Crippen LogP contribution in [-0.2, 0) is 0 Å². The smallest absolute Gasteiger partial charge is 0.145 e. The van der Waals surface area contributed by atoms with Gasteiger partial charge < -0.3 is 4.74 Å². The van der Waals surface area contributed by atoms with Gasteiger partial charge in [0, 0.05) is 19.2 Å². The molecule has 0 saturated carbocycles. The van der Waals surface area contributed by atoms with Crippen LogP contribution in [0.5, 0.6) is 5.75 Å². The van der Waals surface area contributed by atoms with Crippen molar-refractivity contribution in [3.05, 3.63) is 24.3 Å². The van der Waals surface area contributed by atoms with Crippen LogP contribution < -0.4 is 4.74 Å². The van der Waals surface area contributed by atoms with Crippen molar-refractivity contribution in [1.82, 2.24) is 9.88 Å². The molecule has 3 nitrogen and oxygen atoms in total. The molecule has 0 amide bonds. The summed E-state index contributed by atoms with van der Waals surface area (Å²) in [5.41, 5.74) is 0. The molecule has 0 N–H and O–H groups in total. The topological polar surface area (TPSA) is 25.4 Å². The number of halogens is 1. The van der Waals surface area contributed by atoms with Gasteiger partial charge in [0.15, 0.2) is 0 Å². The highest BCUT2D eigenvalue weighted by Crippen LogP contribution is 2.17. The Labute approximate surface area is 82.5 Å². The number of nitrogens with zero attached hydrogens (tertiary/aromatic N) is 2. The van der Waals surface area contributed by atoms with Gasteiger partial charge >= 0.3 is 0 Å². The molecule has 76 valence electrons. The fourth-order valence-electron chi connectivity index (χ4n) is 1.50. The predicted molar refractivity (Wildman–Crippen MR) is 50.7 cm³/mol. The van der Waals surface area contributed by atoms with Gasteiger partial charge in [-0.2, -0.15) is 0 Å². The van der Waals surface area contributed by atoms with Crippen molar-refractivity contribution in [3.63, 3.8) is 0 Å². The van der Waals surface area contributed by atoms with Crippen molar-refractivity contribution in [2.75, 3.05) is 19.6 Å². The van der Waals surface area contributed by atoms with Crippen LogP contribution in [0.4, 0.5) is 4.39 Å². The largest absolute Gasteiger partial charge is 0.486 e. The van der Waals surface area contributed by atoms with Gasteiger partial charge in [-0.1, -0.05) is 6.92 Å². The van der Waals surface area contributed by atoms with E-state index in [9.17, 15) is 4.39 Å². The number of pyridine rings is 1. The first-order chi connectivity index (χ1) is 6.78. The number of likely N-dealkylation sites (N-methyl/N-ethyl adjacent to an activating group) is 1. The minimum absolute atomic E-state index is 0.193. The Balaban J connectivity index is 1.87. The minimum Gasteiger partial charge on any atom is -0.486 e. The average Bonchev–Trinajstić information content (AvgIpc) is 2.10. The van der Waals surface area contributed by atoms with Crippen LogP contribution in [0.15, 0.2) is 18.5 Å². The fourth-order valence-corrected chi connectivity index (χ4v) is 1.50. The molecule has 2 rings (SSSR count). The van der Waals surface area contributed by atoms with Gasteiger partial charge in [-0.25, -0.2) is 4.39 Å². The van der Waals surface area contributed by atoms with Gasteiger partial charge in [0.1, 0.15) is 17.7 Å². The van der Waals surface area contributed by atoms with Crippen LogP contribution in [0.1, 0.15) is 6.92 Å². The molecule has 0 aliphatic carbocycles. The Morgan fingerprint density at radius 2 is 2.36 bits per heavy atom. The molecular weight excluding hydrogens is 183 g/mol. The molecule has 0 spiro atoms. The highest BCUT2D eigenvalue weighted by atomic mass is 19.1. The third-order valence-electron chi connectivity index (χ3n) is 2.35. The third kappa shape index (κ3) is 2.01. The molecule has 0 atom stereocenters. The Morgan fingerprint density at radius 1 is 1.57 bits per heavy atom. The number of hydrogen-bond acceptors (Lipinski definition) is 3.